The molecule has 1 aliphatic rings. The third kappa shape index (κ3) is 3.71. The van der Waals surface area contributed by atoms with E-state index in [0.717, 1.165) is 22.4 Å². The Morgan fingerprint density at radius 2 is 1.72 bits per heavy atom. The Balaban J connectivity index is 1.64. The van der Waals surface area contributed by atoms with Crippen LogP contribution in [0, 0.1) is 25.1 Å². The number of hydrogen-bond donors (Lipinski definition) is 2. The highest BCUT2D eigenvalue weighted by Gasteiger charge is 2.56. The summed E-state index contributed by atoms with van der Waals surface area (Å²) in [6, 6.07) is 11.8. The number of carbonyl (C=O) groups is 2. The summed E-state index contributed by atoms with van der Waals surface area (Å²) in [4.78, 5) is 25.1. The van der Waals surface area contributed by atoms with Crippen LogP contribution in [0.15, 0.2) is 42.5 Å². The summed E-state index contributed by atoms with van der Waals surface area (Å²) >= 11 is 0. The maximum atomic E-state index is 12.9. The van der Waals surface area contributed by atoms with Gasteiger partial charge in [0.25, 0.3) is 0 Å². The van der Waals surface area contributed by atoms with E-state index >= 15 is 0 Å². The fourth-order valence-electron chi connectivity index (χ4n) is 2.75. The van der Waals surface area contributed by atoms with Gasteiger partial charge in [-0.05, 0) is 61.6 Å². The van der Waals surface area contributed by atoms with Crippen LogP contribution in [0.4, 0.5) is 10.1 Å². The summed E-state index contributed by atoms with van der Waals surface area (Å²) in [5, 5.41) is 5.68. The third-order valence-electron chi connectivity index (χ3n) is 4.63. The number of amides is 2. The zero-order valence-electron chi connectivity index (χ0n) is 14.4. The highest BCUT2D eigenvalue weighted by Crippen LogP contribution is 2.47. The second-order valence-electron chi connectivity index (χ2n) is 6.66. The van der Waals surface area contributed by atoms with Gasteiger partial charge in [-0.3, -0.25) is 9.59 Å². The van der Waals surface area contributed by atoms with Crippen LogP contribution in [-0.4, -0.2) is 11.8 Å². The number of nitrogens with one attached hydrogen (secondary N) is 2. The molecule has 0 heterocycles. The van der Waals surface area contributed by atoms with Gasteiger partial charge in [-0.2, -0.15) is 0 Å². The molecule has 5 heteroatoms. The lowest BCUT2D eigenvalue weighted by Gasteiger charge is -2.17. The molecule has 4 nitrogen and oxygen atoms in total. The quantitative estimate of drug-likeness (QED) is 0.819. The molecule has 1 saturated carbocycles. The minimum atomic E-state index is -0.990. The molecule has 130 valence electrons. The van der Waals surface area contributed by atoms with Gasteiger partial charge in [0.15, 0.2) is 0 Å². The minimum Gasteiger partial charge on any atom is -0.351 e. The number of anilines is 1. The van der Waals surface area contributed by atoms with Gasteiger partial charge in [0.2, 0.25) is 11.8 Å². The molecule has 2 N–H and O–H groups in total. The van der Waals surface area contributed by atoms with Crippen LogP contribution in [0.25, 0.3) is 0 Å². The van der Waals surface area contributed by atoms with Crippen LogP contribution in [0.3, 0.4) is 0 Å². The van der Waals surface area contributed by atoms with Gasteiger partial charge in [-0.1, -0.05) is 24.3 Å². The highest BCUT2D eigenvalue weighted by atomic mass is 19.1. The molecule has 3 rings (SSSR count). The molecule has 0 aromatic heterocycles. The summed E-state index contributed by atoms with van der Waals surface area (Å²) < 4.78 is 12.9. The van der Waals surface area contributed by atoms with E-state index in [2.05, 4.69) is 10.6 Å². The zero-order valence-corrected chi connectivity index (χ0v) is 14.4. The van der Waals surface area contributed by atoms with Gasteiger partial charge < -0.3 is 10.6 Å². The molecule has 1 fully saturated rings. The first kappa shape index (κ1) is 17.1. The van der Waals surface area contributed by atoms with Crippen molar-refractivity contribution in [2.24, 2.45) is 5.41 Å². The van der Waals surface area contributed by atoms with Crippen LogP contribution in [0.1, 0.15) is 29.5 Å². The molecule has 0 radical (unpaired) electrons. The van der Waals surface area contributed by atoms with E-state index < -0.39 is 5.41 Å². The van der Waals surface area contributed by atoms with Crippen molar-refractivity contribution in [1.82, 2.24) is 5.32 Å². The number of benzene rings is 2. The Bertz CT molecular complexity index is 811. The van der Waals surface area contributed by atoms with Crippen molar-refractivity contribution in [3.8, 4) is 0 Å². The molecule has 1 aliphatic carbocycles. The van der Waals surface area contributed by atoms with Gasteiger partial charge >= 0.3 is 0 Å². The van der Waals surface area contributed by atoms with E-state index in [1.54, 1.807) is 12.1 Å². The van der Waals surface area contributed by atoms with Gasteiger partial charge in [0.1, 0.15) is 11.2 Å². The van der Waals surface area contributed by atoms with Crippen LogP contribution >= 0.6 is 0 Å². The third-order valence-corrected chi connectivity index (χ3v) is 4.63. The number of hydrogen-bond acceptors (Lipinski definition) is 2. The molecule has 0 bridgehead atoms. The zero-order chi connectivity index (χ0) is 18.0. The van der Waals surface area contributed by atoms with Crippen molar-refractivity contribution >= 4 is 17.5 Å². The summed E-state index contributed by atoms with van der Waals surface area (Å²) in [5.74, 6) is -0.862. The van der Waals surface area contributed by atoms with E-state index in [1.165, 1.54) is 12.1 Å². The summed E-state index contributed by atoms with van der Waals surface area (Å²) in [5.41, 5.74) is 2.55. The normalized spacial score (nSPS) is 14.7. The maximum absolute atomic E-state index is 12.9. The summed E-state index contributed by atoms with van der Waals surface area (Å²) in [7, 11) is 0. The predicted octanol–water partition coefficient (Wildman–Crippen LogP) is 3.48. The van der Waals surface area contributed by atoms with Crippen molar-refractivity contribution in [2.75, 3.05) is 5.32 Å². The lowest BCUT2D eigenvalue weighted by atomic mass is 10.0. The van der Waals surface area contributed by atoms with E-state index in [0.29, 0.717) is 12.8 Å². The smallest absolute Gasteiger partial charge is 0.240 e. The van der Waals surface area contributed by atoms with Gasteiger partial charge in [0.05, 0.1) is 0 Å². The van der Waals surface area contributed by atoms with Gasteiger partial charge in [-0.15, -0.1) is 0 Å². The molecule has 25 heavy (non-hydrogen) atoms. The maximum Gasteiger partial charge on any atom is 0.240 e. The first-order valence-corrected chi connectivity index (χ1v) is 8.32. The first-order valence-electron chi connectivity index (χ1n) is 8.32. The van der Waals surface area contributed by atoms with E-state index in [9.17, 15) is 14.0 Å². The van der Waals surface area contributed by atoms with Crippen LogP contribution in [-0.2, 0) is 16.1 Å². The largest absolute Gasteiger partial charge is 0.351 e. The van der Waals surface area contributed by atoms with Crippen LogP contribution < -0.4 is 10.6 Å². The molecule has 2 amide bonds. The van der Waals surface area contributed by atoms with Crippen molar-refractivity contribution in [2.45, 2.75) is 33.2 Å². The lowest BCUT2D eigenvalue weighted by molar-refractivity contribution is -0.134. The SMILES string of the molecule is Cc1ccc(C)c(NC(=O)C2(C(=O)NCc3ccc(F)cc3)CC2)c1. The molecule has 0 unspecified atom stereocenters. The predicted molar refractivity (Wildman–Crippen MR) is 94.5 cm³/mol. The van der Waals surface area contributed by atoms with Gasteiger partial charge in [0, 0.05) is 12.2 Å². The van der Waals surface area contributed by atoms with Gasteiger partial charge in [-0.25, -0.2) is 4.39 Å². The lowest BCUT2D eigenvalue weighted by Crippen LogP contribution is -2.39. The standard InChI is InChI=1S/C20H21FN2O2/c1-13-3-4-14(2)17(11-13)23-19(25)20(9-10-20)18(24)22-12-15-5-7-16(21)8-6-15/h3-8,11H,9-10,12H2,1-2H3,(H,22,24)(H,23,25). The molecule has 0 saturated heterocycles. The minimum absolute atomic E-state index is 0.266. The molecule has 0 spiro atoms. The average Bonchev–Trinajstić information content (AvgIpc) is 3.39. The van der Waals surface area contributed by atoms with Crippen LogP contribution in [0.2, 0.25) is 0 Å². The average molecular weight is 340 g/mol. The van der Waals surface area contributed by atoms with Crippen LogP contribution in [0.5, 0.6) is 0 Å². The fourth-order valence-corrected chi connectivity index (χ4v) is 2.75. The number of rotatable bonds is 5. The second kappa shape index (κ2) is 6.67. The van der Waals surface area contributed by atoms with Crippen molar-refractivity contribution in [3.05, 3.63) is 65.0 Å². The Morgan fingerprint density at radius 3 is 2.36 bits per heavy atom. The number of aryl methyl sites for hydroxylation is 2. The molecule has 0 aliphatic heterocycles. The van der Waals surface area contributed by atoms with E-state index in [4.69, 9.17) is 0 Å². The van der Waals surface area contributed by atoms with Crippen molar-refractivity contribution in [3.63, 3.8) is 0 Å². The second-order valence-corrected chi connectivity index (χ2v) is 6.66. The van der Waals surface area contributed by atoms with E-state index in [-0.39, 0.29) is 24.2 Å². The summed E-state index contributed by atoms with van der Waals surface area (Å²) in [6.07, 6.45) is 1.08. The molecule has 2 aromatic rings. The summed E-state index contributed by atoms with van der Waals surface area (Å²) in [6.45, 7) is 4.15. The highest BCUT2D eigenvalue weighted by molar-refractivity contribution is 6.13. The fraction of sp³-hybridized carbons (Fsp3) is 0.300. The molecule has 2 aromatic carbocycles. The first-order chi connectivity index (χ1) is 11.9. The molecular formula is C20H21FN2O2. The topological polar surface area (TPSA) is 58.2 Å². The monoisotopic (exact) mass is 340 g/mol. The molecule has 0 atom stereocenters. The number of halogens is 1. The number of carbonyl (C=O) groups excluding carboxylic acids is 2. The van der Waals surface area contributed by atoms with Crippen molar-refractivity contribution < 1.29 is 14.0 Å². The Labute approximate surface area is 146 Å². The van der Waals surface area contributed by atoms with Crippen molar-refractivity contribution in [1.29, 1.82) is 0 Å². The Kier molecular flexibility index (Phi) is 4.57. The molecular weight excluding hydrogens is 319 g/mol. The van der Waals surface area contributed by atoms with E-state index in [1.807, 2.05) is 32.0 Å². The Morgan fingerprint density at radius 1 is 1.04 bits per heavy atom. The Hall–Kier alpha value is -2.69.